The smallest absolute Gasteiger partial charge is 0.319 e. The number of nitrogens with two attached hydrogens (primary N) is 1. The topological polar surface area (TPSA) is 43.8 Å². The van der Waals surface area contributed by atoms with Gasteiger partial charge in [-0.2, -0.15) is 18.3 Å². The second kappa shape index (κ2) is 5.46. The van der Waals surface area contributed by atoms with Gasteiger partial charge in [-0.1, -0.05) is 29.8 Å². The molecule has 0 bridgehead atoms. The van der Waals surface area contributed by atoms with Crippen molar-refractivity contribution in [1.82, 2.24) is 9.78 Å². The summed E-state index contributed by atoms with van der Waals surface area (Å²) in [5, 5.41) is 4.26. The lowest BCUT2D eigenvalue weighted by Gasteiger charge is -2.19. The summed E-state index contributed by atoms with van der Waals surface area (Å²) < 4.78 is 40.6. The molecular formula is C13H13ClF3N3. The summed E-state index contributed by atoms with van der Waals surface area (Å²) in [6.07, 6.45) is -3.08. The standard InChI is InChI=1S/C13H13ClF3N3/c1-2-20-12(10(14)7-19-20)11(18)8-5-3-4-6-9(8)13(15,16)17/h3-7,11H,2,18H2,1H3. The van der Waals surface area contributed by atoms with Crippen LogP contribution in [0.4, 0.5) is 13.2 Å². The highest BCUT2D eigenvalue weighted by molar-refractivity contribution is 6.31. The van der Waals surface area contributed by atoms with Crippen molar-refractivity contribution in [2.24, 2.45) is 5.73 Å². The average Bonchev–Trinajstić information content (AvgIpc) is 2.78. The third-order valence-corrected chi connectivity index (χ3v) is 3.32. The van der Waals surface area contributed by atoms with Crippen LogP contribution in [-0.2, 0) is 12.7 Å². The number of alkyl halides is 3. The molecule has 1 unspecified atom stereocenters. The monoisotopic (exact) mass is 303 g/mol. The lowest BCUT2D eigenvalue weighted by atomic mass is 9.98. The van der Waals surface area contributed by atoms with Gasteiger partial charge in [0.15, 0.2) is 0 Å². The largest absolute Gasteiger partial charge is 0.416 e. The first kappa shape index (κ1) is 14.9. The zero-order valence-electron chi connectivity index (χ0n) is 10.7. The van der Waals surface area contributed by atoms with Crippen LogP contribution >= 0.6 is 11.6 Å². The molecule has 2 N–H and O–H groups in total. The van der Waals surface area contributed by atoms with Gasteiger partial charge in [0.1, 0.15) is 0 Å². The van der Waals surface area contributed by atoms with Crippen molar-refractivity contribution in [2.45, 2.75) is 25.7 Å². The SMILES string of the molecule is CCn1ncc(Cl)c1C(N)c1ccccc1C(F)(F)F. The molecule has 20 heavy (non-hydrogen) atoms. The van der Waals surface area contributed by atoms with Gasteiger partial charge in [0.25, 0.3) is 0 Å². The first-order valence-electron chi connectivity index (χ1n) is 5.99. The molecule has 0 radical (unpaired) electrons. The van der Waals surface area contributed by atoms with E-state index in [1.54, 1.807) is 0 Å². The molecule has 0 aliphatic rings. The molecule has 0 spiro atoms. The number of aromatic nitrogens is 2. The fourth-order valence-electron chi connectivity index (χ4n) is 2.11. The molecule has 2 rings (SSSR count). The predicted molar refractivity (Wildman–Crippen MR) is 70.4 cm³/mol. The fourth-order valence-corrected chi connectivity index (χ4v) is 2.37. The van der Waals surface area contributed by atoms with Gasteiger partial charge in [-0.05, 0) is 18.6 Å². The fraction of sp³-hybridized carbons (Fsp3) is 0.308. The van der Waals surface area contributed by atoms with E-state index in [4.69, 9.17) is 17.3 Å². The van der Waals surface area contributed by atoms with Crippen LogP contribution in [0.5, 0.6) is 0 Å². The number of halogens is 4. The molecule has 0 aliphatic heterocycles. The predicted octanol–water partition coefficient (Wildman–Crippen LogP) is 3.62. The zero-order chi connectivity index (χ0) is 14.9. The molecule has 1 heterocycles. The number of hydrogen-bond acceptors (Lipinski definition) is 2. The maximum absolute atomic E-state index is 13.0. The maximum Gasteiger partial charge on any atom is 0.416 e. The Kier molecular flexibility index (Phi) is 4.06. The van der Waals surface area contributed by atoms with Gasteiger partial charge in [0.05, 0.1) is 28.5 Å². The molecule has 108 valence electrons. The summed E-state index contributed by atoms with van der Waals surface area (Å²) in [5.41, 5.74) is 5.60. The van der Waals surface area contributed by atoms with E-state index in [1.165, 1.54) is 29.1 Å². The van der Waals surface area contributed by atoms with Crippen LogP contribution in [0.3, 0.4) is 0 Å². The number of aryl methyl sites for hydroxylation is 1. The lowest BCUT2D eigenvalue weighted by Crippen LogP contribution is -2.21. The second-order valence-electron chi connectivity index (χ2n) is 4.26. The molecular weight excluding hydrogens is 291 g/mol. The summed E-state index contributed by atoms with van der Waals surface area (Å²) in [7, 11) is 0. The average molecular weight is 304 g/mol. The molecule has 3 nitrogen and oxygen atoms in total. The van der Waals surface area contributed by atoms with E-state index in [1.807, 2.05) is 6.92 Å². The number of nitrogens with zero attached hydrogens (tertiary/aromatic N) is 2. The van der Waals surface area contributed by atoms with Crippen molar-refractivity contribution in [3.63, 3.8) is 0 Å². The molecule has 0 saturated heterocycles. The van der Waals surface area contributed by atoms with Gasteiger partial charge in [0, 0.05) is 6.54 Å². The van der Waals surface area contributed by atoms with Gasteiger partial charge in [0.2, 0.25) is 0 Å². The van der Waals surface area contributed by atoms with Crippen LogP contribution in [0.25, 0.3) is 0 Å². The Morgan fingerprint density at radius 2 is 2.00 bits per heavy atom. The van der Waals surface area contributed by atoms with Gasteiger partial charge in [-0.3, -0.25) is 4.68 Å². The van der Waals surface area contributed by atoms with E-state index in [-0.39, 0.29) is 10.6 Å². The Morgan fingerprint density at radius 1 is 1.35 bits per heavy atom. The Bertz CT molecular complexity index is 607. The van der Waals surface area contributed by atoms with Gasteiger partial charge >= 0.3 is 6.18 Å². The Labute approximate surface area is 119 Å². The van der Waals surface area contributed by atoms with E-state index in [9.17, 15) is 13.2 Å². The summed E-state index contributed by atoms with van der Waals surface area (Å²) in [4.78, 5) is 0. The zero-order valence-corrected chi connectivity index (χ0v) is 11.4. The number of rotatable bonds is 3. The molecule has 2 aromatic rings. The highest BCUT2D eigenvalue weighted by atomic mass is 35.5. The van der Waals surface area contributed by atoms with Crippen LogP contribution < -0.4 is 5.73 Å². The molecule has 1 atom stereocenters. The molecule has 0 saturated carbocycles. The van der Waals surface area contributed by atoms with Crippen LogP contribution in [0.1, 0.15) is 29.8 Å². The Hall–Kier alpha value is -1.53. The van der Waals surface area contributed by atoms with Crippen molar-refractivity contribution in [3.05, 3.63) is 52.3 Å². The van der Waals surface area contributed by atoms with Gasteiger partial charge < -0.3 is 5.73 Å². The van der Waals surface area contributed by atoms with Crippen LogP contribution in [-0.4, -0.2) is 9.78 Å². The first-order chi connectivity index (χ1) is 9.36. The Morgan fingerprint density at radius 3 is 2.60 bits per heavy atom. The maximum atomic E-state index is 13.0. The Balaban J connectivity index is 2.54. The second-order valence-corrected chi connectivity index (χ2v) is 4.66. The summed E-state index contributed by atoms with van der Waals surface area (Å²) >= 11 is 5.99. The van der Waals surface area contributed by atoms with E-state index in [0.29, 0.717) is 12.2 Å². The van der Waals surface area contributed by atoms with Gasteiger partial charge in [-0.25, -0.2) is 0 Å². The minimum Gasteiger partial charge on any atom is -0.319 e. The summed E-state index contributed by atoms with van der Waals surface area (Å²) in [6.45, 7) is 2.29. The van der Waals surface area contributed by atoms with E-state index < -0.39 is 17.8 Å². The highest BCUT2D eigenvalue weighted by Crippen LogP contribution is 2.36. The third-order valence-electron chi connectivity index (χ3n) is 3.03. The molecule has 0 aliphatic carbocycles. The van der Waals surface area contributed by atoms with Crippen molar-refractivity contribution >= 4 is 11.6 Å². The molecule has 1 aromatic heterocycles. The van der Waals surface area contributed by atoms with Crippen molar-refractivity contribution < 1.29 is 13.2 Å². The number of benzene rings is 1. The molecule has 1 aromatic carbocycles. The molecule has 7 heteroatoms. The molecule has 0 amide bonds. The summed E-state index contributed by atoms with van der Waals surface area (Å²) in [5.74, 6) is 0. The van der Waals surface area contributed by atoms with Crippen molar-refractivity contribution in [3.8, 4) is 0 Å². The lowest BCUT2D eigenvalue weighted by molar-refractivity contribution is -0.138. The first-order valence-corrected chi connectivity index (χ1v) is 6.37. The summed E-state index contributed by atoms with van der Waals surface area (Å²) in [6, 6.07) is 4.23. The van der Waals surface area contributed by atoms with Crippen LogP contribution in [0, 0.1) is 0 Å². The van der Waals surface area contributed by atoms with E-state index >= 15 is 0 Å². The molecule has 0 fully saturated rings. The normalized spacial score (nSPS) is 13.5. The quantitative estimate of drug-likeness (QED) is 0.941. The number of hydrogen-bond donors (Lipinski definition) is 1. The minimum absolute atomic E-state index is 0.0166. The van der Waals surface area contributed by atoms with Crippen molar-refractivity contribution in [1.29, 1.82) is 0 Å². The van der Waals surface area contributed by atoms with Gasteiger partial charge in [-0.15, -0.1) is 0 Å². The van der Waals surface area contributed by atoms with Crippen LogP contribution in [0.2, 0.25) is 5.02 Å². The van der Waals surface area contributed by atoms with Crippen LogP contribution in [0.15, 0.2) is 30.5 Å². The van der Waals surface area contributed by atoms with E-state index in [0.717, 1.165) is 6.07 Å². The third kappa shape index (κ3) is 2.66. The highest BCUT2D eigenvalue weighted by Gasteiger charge is 2.35. The minimum atomic E-state index is -4.46. The van der Waals surface area contributed by atoms with E-state index in [2.05, 4.69) is 5.10 Å². The van der Waals surface area contributed by atoms with Crippen molar-refractivity contribution in [2.75, 3.05) is 0 Å².